The lowest BCUT2D eigenvalue weighted by Gasteiger charge is -2.72. The molecule has 5 aliphatic carbocycles. The van der Waals surface area contributed by atoms with E-state index >= 15 is 0 Å². The van der Waals surface area contributed by atoms with Gasteiger partial charge in [-0.05, 0) is 141 Å². The molecule has 8 atom stereocenters. The van der Waals surface area contributed by atoms with Crippen molar-refractivity contribution in [3.63, 3.8) is 0 Å². The molecule has 6 rings (SSSR count). The lowest BCUT2D eigenvalue weighted by molar-refractivity contribution is -0.231. The van der Waals surface area contributed by atoms with Crippen LogP contribution in [0.25, 0.3) is 0 Å². The van der Waals surface area contributed by atoms with Crippen molar-refractivity contribution >= 4 is 17.8 Å². The Kier molecular flexibility index (Phi) is 8.59. The Balaban J connectivity index is 1.28. The van der Waals surface area contributed by atoms with Crippen molar-refractivity contribution in [1.29, 1.82) is 0 Å². The van der Waals surface area contributed by atoms with E-state index in [0.717, 1.165) is 82.9 Å². The molecule has 3 unspecified atom stereocenters. The molecular weight excluding hydrogens is 576 g/mol. The second-order valence-electron chi connectivity index (χ2n) is 18.2. The molecule has 6 aliphatic rings. The molecule has 0 aromatic rings. The maximum Gasteiger partial charge on any atom is 0.407 e. The van der Waals surface area contributed by atoms with Gasteiger partial charge in [-0.2, -0.15) is 0 Å². The molecule has 7 nitrogen and oxygen atoms in total. The van der Waals surface area contributed by atoms with E-state index in [-0.39, 0.29) is 57.4 Å². The number of allylic oxidation sites excluding steroid dienone is 1. The molecule has 1 N–H and O–H groups in total. The van der Waals surface area contributed by atoms with Gasteiger partial charge in [0.25, 0.3) is 0 Å². The van der Waals surface area contributed by atoms with Crippen molar-refractivity contribution in [1.82, 2.24) is 10.2 Å². The number of alkyl carbamates (subject to hydrolysis) is 1. The van der Waals surface area contributed by atoms with E-state index in [1.807, 2.05) is 0 Å². The fourth-order valence-corrected chi connectivity index (χ4v) is 12.8. The first kappa shape index (κ1) is 34.0. The fourth-order valence-electron chi connectivity index (χ4n) is 12.8. The lowest BCUT2D eigenvalue weighted by atomic mass is 9.33. The number of nitrogens with one attached hydrogen (secondary N) is 1. The van der Waals surface area contributed by atoms with Crippen molar-refractivity contribution < 1.29 is 23.9 Å². The molecule has 0 radical (unpaired) electrons. The van der Waals surface area contributed by atoms with Crippen molar-refractivity contribution in [3.8, 4) is 0 Å². The van der Waals surface area contributed by atoms with E-state index in [9.17, 15) is 14.4 Å². The van der Waals surface area contributed by atoms with Crippen LogP contribution in [-0.4, -0.2) is 61.1 Å². The van der Waals surface area contributed by atoms with Gasteiger partial charge in [0.1, 0.15) is 6.10 Å². The summed E-state index contributed by atoms with van der Waals surface area (Å²) in [5, 5.41) is 3.38. The monoisotopic (exact) mass is 638 g/mol. The number of nitrogens with zero attached hydrogens (tertiary/aromatic N) is 1. The van der Waals surface area contributed by atoms with Crippen LogP contribution in [0.1, 0.15) is 126 Å². The van der Waals surface area contributed by atoms with Crippen molar-refractivity contribution in [2.45, 2.75) is 138 Å². The highest BCUT2D eigenvalue weighted by atomic mass is 16.6. The van der Waals surface area contributed by atoms with Gasteiger partial charge in [0, 0.05) is 18.8 Å². The zero-order valence-electron chi connectivity index (χ0n) is 30.4. The van der Waals surface area contributed by atoms with Crippen LogP contribution in [0.2, 0.25) is 0 Å². The number of ketones is 1. The number of carbonyl (C=O) groups is 3. The first-order valence-corrected chi connectivity index (χ1v) is 18.6. The molecule has 0 aromatic heterocycles. The maximum atomic E-state index is 13.9. The highest BCUT2D eigenvalue weighted by molar-refractivity contribution is 6.02. The van der Waals surface area contributed by atoms with Crippen molar-refractivity contribution in [2.75, 3.05) is 26.7 Å². The van der Waals surface area contributed by atoms with E-state index in [0.29, 0.717) is 30.8 Å². The summed E-state index contributed by atoms with van der Waals surface area (Å²) in [6, 6.07) is 0. The molecule has 0 aromatic carbocycles. The summed E-state index contributed by atoms with van der Waals surface area (Å²) in [5.41, 5.74) is 1.87. The number of piperidine rings is 1. The number of fused-ring (bicyclic) bond motifs is 7. The number of Topliss-reactive ketones (excluding diaryl/α,β-unsaturated/α-hetero) is 1. The first-order chi connectivity index (χ1) is 21.5. The van der Waals surface area contributed by atoms with Crippen LogP contribution in [0.5, 0.6) is 0 Å². The molecule has 1 amide bonds. The molecule has 0 spiro atoms. The highest BCUT2D eigenvalue weighted by Gasteiger charge is 2.70. The molecule has 46 heavy (non-hydrogen) atoms. The standard InChI is InChI=1S/C39H62N2O5/c1-24(2)32-28(43)22-39(40-34(44)45-23-26-14-20-41(9)21-15-26)19-18-37(7)27(33(32)39)10-11-30-36(6)16-13-31(46-25(3)42)35(4,5)29(36)12-17-38(30,37)8/h24,26-27,29-31H,10-23H2,1-9H3,(H,40,44)/t27?,29?,30?,31-,36-,37+,38+,39+/m0/s1. The third kappa shape index (κ3) is 5.10. The first-order valence-electron chi connectivity index (χ1n) is 18.6. The average Bonchev–Trinajstić information content (AvgIpc) is 3.26. The molecule has 258 valence electrons. The number of hydrogen-bond acceptors (Lipinski definition) is 6. The predicted molar refractivity (Wildman–Crippen MR) is 180 cm³/mol. The molecule has 1 heterocycles. The number of carbonyl (C=O) groups excluding carboxylic acids is 3. The van der Waals surface area contributed by atoms with Gasteiger partial charge in [0.15, 0.2) is 5.78 Å². The maximum absolute atomic E-state index is 13.9. The molecular formula is C39H62N2O5. The van der Waals surface area contributed by atoms with Crippen LogP contribution < -0.4 is 5.32 Å². The normalized spacial score (nSPS) is 42.5. The number of likely N-dealkylation sites (tertiary alicyclic amines) is 1. The minimum atomic E-state index is -0.626. The second-order valence-corrected chi connectivity index (χ2v) is 18.2. The Morgan fingerprint density at radius 3 is 2.24 bits per heavy atom. The molecule has 0 bridgehead atoms. The van der Waals surface area contributed by atoms with Crippen LogP contribution in [0.4, 0.5) is 4.79 Å². The summed E-state index contributed by atoms with van der Waals surface area (Å²) in [6.45, 7) is 20.8. The van der Waals surface area contributed by atoms with Crippen LogP contribution in [0.15, 0.2) is 11.1 Å². The minimum Gasteiger partial charge on any atom is -0.462 e. The number of esters is 1. The zero-order chi connectivity index (χ0) is 33.4. The van der Waals surface area contributed by atoms with Gasteiger partial charge < -0.3 is 19.7 Å². The number of amides is 1. The van der Waals surface area contributed by atoms with Crippen molar-refractivity contribution in [2.24, 2.45) is 51.2 Å². The summed E-state index contributed by atoms with van der Waals surface area (Å²) in [6.07, 6.45) is 10.4. The van der Waals surface area contributed by atoms with Gasteiger partial charge in [-0.1, -0.05) is 48.5 Å². The molecule has 4 saturated carbocycles. The van der Waals surface area contributed by atoms with Crippen LogP contribution >= 0.6 is 0 Å². The lowest BCUT2D eigenvalue weighted by Crippen LogP contribution is -2.67. The third-order valence-corrected chi connectivity index (χ3v) is 15.3. The number of hydrogen-bond donors (Lipinski definition) is 1. The smallest absolute Gasteiger partial charge is 0.407 e. The van der Waals surface area contributed by atoms with Gasteiger partial charge >= 0.3 is 12.1 Å². The van der Waals surface area contributed by atoms with Gasteiger partial charge in [0.2, 0.25) is 0 Å². The van der Waals surface area contributed by atoms with Crippen LogP contribution in [0, 0.1) is 51.2 Å². The third-order valence-electron chi connectivity index (χ3n) is 15.3. The molecule has 1 aliphatic heterocycles. The van der Waals surface area contributed by atoms with Gasteiger partial charge in [0.05, 0.1) is 12.1 Å². The number of rotatable bonds is 5. The summed E-state index contributed by atoms with van der Waals surface area (Å²) in [7, 11) is 2.15. The van der Waals surface area contributed by atoms with E-state index in [1.54, 1.807) is 6.92 Å². The average molecular weight is 639 g/mol. The Bertz CT molecular complexity index is 1280. The molecule has 1 saturated heterocycles. The SMILES string of the molecule is CC(=O)O[C@H]1CC[C@@]2(C)C(CC[C@]3(C)C2CCC2C4=C(C(C)C)C(=O)C[C@]4(NC(=O)OCC4CCN(C)CC4)CC[C@]23C)C1(C)C. The van der Waals surface area contributed by atoms with Gasteiger partial charge in [-0.15, -0.1) is 0 Å². The summed E-state index contributed by atoms with van der Waals surface area (Å²) >= 11 is 0. The Morgan fingerprint density at radius 1 is 0.891 bits per heavy atom. The minimum absolute atomic E-state index is 0.0248. The Hall–Kier alpha value is -1.89. The van der Waals surface area contributed by atoms with E-state index < -0.39 is 5.54 Å². The van der Waals surface area contributed by atoms with Gasteiger partial charge in [-0.3, -0.25) is 9.59 Å². The molecule has 5 fully saturated rings. The largest absolute Gasteiger partial charge is 0.462 e. The van der Waals surface area contributed by atoms with Gasteiger partial charge in [-0.25, -0.2) is 4.79 Å². The van der Waals surface area contributed by atoms with E-state index in [1.165, 1.54) is 5.57 Å². The zero-order valence-corrected chi connectivity index (χ0v) is 30.4. The topological polar surface area (TPSA) is 84.9 Å². The Morgan fingerprint density at radius 2 is 1.59 bits per heavy atom. The fraction of sp³-hybridized carbons (Fsp3) is 0.872. The Labute approximate surface area is 278 Å². The predicted octanol–water partition coefficient (Wildman–Crippen LogP) is 7.72. The van der Waals surface area contributed by atoms with Crippen LogP contribution in [-0.2, 0) is 19.1 Å². The molecule has 7 heteroatoms. The van der Waals surface area contributed by atoms with E-state index in [4.69, 9.17) is 9.47 Å². The van der Waals surface area contributed by atoms with Crippen LogP contribution in [0.3, 0.4) is 0 Å². The summed E-state index contributed by atoms with van der Waals surface area (Å²) in [4.78, 5) is 41.8. The summed E-state index contributed by atoms with van der Waals surface area (Å²) < 4.78 is 11.8. The highest BCUT2D eigenvalue weighted by Crippen LogP contribution is 2.75. The number of ether oxygens (including phenoxy) is 2. The van der Waals surface area contributed by atoms with E-state index in [2.05, 4.69) is 65.7 Å². The quantitative estimate of drug-likeness (QED) is 0.311. The second kappa shape index (κ2) is 11.6. The van der Waals surface area contributed by atoms with Crippen molar-refractivity contribution in [3.05, 3.63) is 11.1 Å². The summed E-state index contributed by atoms with van der Waals surface area (Å²) in [5.74, 6) is 1.92.